The van der Waals surface area contributed by atoms with Gasteiger partial charge < -0.3 is 31.5 Å². The lowest BCUT2D eigenvalue weighted by atomic mass is 10.0. The summed E-state index contributed by atoms with van der Waals surface area (Å²) in [6, 6.07) is 5.19. The first kappa shape index (κ1) is 27.3. The third-order valence-corrected chi connectivity index (χ3v) is 5.68. The zero-order chi connectivity index (χ0) is 25.3. The van der Waals surface area contributed by atoms with Crippen LogP contribution in [0.2, 0.25) is 0 Å². The summed E-state index contributed by atoms with van der Waals surface area (Å²) in [4.78, 5) is 50.1. The third-order valence-electron chi connectivity index (χ3n) is 5.68. The highest BCUT2D eigenvalue weighted by molar-refractivity contribution is 5.94. The summed E-state index contributed by atoms with van der Waals surface area (Å²) in [5, 5.41) is 30.3. The number of aliphatic hydroxyl groups is 1. The standard InChI is InChI=1S/C24H36N4O6/c1-14(2)12-19(24(33)34)27-23(32)20(15(3)29)28-22(31)18(13-16-8-5-4-6-9-16)26-21(30)17-10-7-11-25-17/h4-6,8-9,14-15,17-20,25,29H,7,10-13H2,1-3H3,(H,26,30)(H,27,32)(H,28,31)(H,33,34). The first-order valence-electron chi connectivity index (χ1n) is 11.7. The summed E-state index contributed by atoms with van der Waals surface area (Å²) in [6.45, 7) is 5.70. The van der Waals surface area contributed by atoms with Crippen LogP contribution < -0.4 is 21.3 Å². The number of carboxylic acid groups (broad SMARTS) is 1. The van der Waals surface area contributed by atoms with Crippen LogP contribution in [0.1, 0.15) is 45.6 Å². The molecule has 0 aliphatic carbocycles. The minimum Gasteiger partial charge on any atom is -0.480 e. The molecule has 1 fully saturated rings. The normalized spacial score (nSPS) is 19.0. The molecule has 1 aromatic rings. The van der Waals surface area contributed by atoms with Gasteiger partial charge >= 0.3 is 5.97 Å². The molecular formula is C24H36N4O6. The van der Waals surface area contributed by atoms with E-state index < -0.39 is 48.1 Å². The van der Waals surface area contributed by atoms with Crippen molar-refractivity contribution in [2.24, 2.45) is 5.92 Å². The predicted octanol–water partition coefficient (Wildman–Crippen LogP) is -0.0530. The molecule has 1 aliphatic rings. The van der Waals surface area contributed by atoms with E-state index in [-0.39, 0.29) is 24.7 Å². The summed E-state index contributed by atoms with van der Waals surface area (Å²) in [6.07, 6.45) is 0.616. The molecule has 0 saturated carbocycles. The number of nitrogens with one attached hydrogen (secondary N) is 4. The number of aliphatic carboxylic acids is 1. The second-order valence-electron chi connectivity index (χ2n) is 9.16. The Hall–Kier alpha value is -2.98. The summed E-state index contributed by atoms with van der Waals surface area (Å²) < 4.78 is 0. The summed E-state index contributed by atoms with van der Waals surface area (Å²) >= 11 is 0. The minimum atomic E-state index is -1.39. The van der Waals surface area contributed by atoms with Gasteiger partial charge in [-0.05, 0) is 44.2 Å². The summed E-state index contributed by atoms with van der Waals surface area (Å²) in [5.41, 5.74) is 0.809. The van der Waals surface area contributed by atoms with E-state index >= 15 is 0 Å². The van der Waals surface area contributed by atoms with Crippen molar-refractivity contribution >= 4 is 23.7 Å². The Morgan fingerprint density at radius 2 is 1.68 bits per heavy atom. The number of benzene rings is 1. The molecule has 0 bridgehead atoms. The number of aliphatic hydroxyl groups excluding tert-OH is 1. The highest BCUT2D eigenvalue weighted by Crippen LogP contribution is 2.09. The zero-order valence-electron chi connectivity index (χ0n) is 19.9. The fourth-order valence-electron chi connectivity index (χ4n) is 3.85. The Kier molecular flexibility index (Phi) is 10.5. The lowest BCUT2D eigenvalue weighted by Gasteiger charge is -2.27. The van der Waals surface area contributed by atoms with E-state index in [0.717, 1.165) is 18.5 Å². The highest BCUT2D eigenvalue weighted by Gasteiger charge is 2.33. The molecule has 3 amide bonds. The van der Waals surface area contributed by atoms with E-state index in [1.807, 2.05) is 44.2 Å². The molecule has 6 N–H and O–H groups in total. The SMILES string of the molecule is CC(C)CC(NC(=O)C(NC(=O)C(Cc1ccccc1)NC(=O)C1CCCN1)C(C)O)C(=O)O. The van der Waals surface area contributed by atoms with Crippen molar-refractivity contribution in [2.75, 3.05) is 6.54 Å². The van der Waals surface area contributed by atoms with Crippen LogP contribution in [0.4, 0.5) is 0 Å². The number of rotatable bonds is 12. The molecule has 188 valence electrons. The van der Waals surface area contributed by atoms with E-state index in [0.29, 0.717) is 6.42 Å². The molecule has 1 heterocycles. The van der Waals surface area contributed by atoms with Gasteiger partial charge in [0.1, 0.15) is 18.1 Å². The van der Waals surface area contributed by atoms with Gasteiger partial charge in [-0.2, -0.15) is 0 Å². The first-order chi connectivity index (χ1) is 16.1. The van der Waals surface area contributed by atoms with Crippen LogP contribution in [0.5, 0.6) is 0 Å². The van der Waals surface area contributed by atoms with Gasteiger partial charge in [0.05, 0.1) is 12.1 Å². The molecule has 1 aliphatic heterocycles. The first-order valence-corrected chi connectivity index (χ1v) is 11.7. The molecule has 1 saturated heterocycles. The van der Waals surface area contributed by atoms with E-state index in [1.165, 1.54) is 6.92 Å². The maximum absolute atomic E-state index is 13.2. The van der Waals surface area contributed by atoms with E-state index in [4.69, 9.17) is 0 Å². The van der Waals surface area contributed by atoms with Crippen molar-refractivity contribution in [3.05, 3.63) is 35.9 Å². The Balaban J connectivity index is 2.15. The topological polar surface area (TPSA) is 157 Å². The van der Waals surface area contributed by atoms with Crippen LogP contribution in [0.15, 0.2) is 30.3 Å². The van der Waals surface area contributed by atoms with Gasteiger partial charge in [-0.1, -0.05) is 44.2 Å². The number of carbonyl (C=O) groups is 4. The van der Waals surface area contributed by atoms with Crippen LogP contribution in [-0.2, 0) is 25.6 Å². The largest absolute Gasteiger partial charge is 0.480 e. The minimum absolute atomic E-state index is 0.00986. The van der Waals surface area contributed by atoms with Gasteiger partial charge in [-0.3, -0.25) is 14.4 Å². The van der Waals surface area contributed by atoms with E-state index in [9.17, 15) is 29.4 Å². The Bertz CT molecular complexity index is 839. The van der Waals surface area contributed by atoms with Gasteiger partial charge in [0, 0.05) is 6.42 Å². The van der Waals surface area contributed by atoms with Crippen LogP contribution in [-0.4, -0.2) is 70.7 Å². The van der Waals surface area contributed by atoms with Crippen LogP contribution in [0, 0.1) is 5.92 Å². The van der Waals surface area contributed by atoms with Crippen molar-refractivity contribution in [3.63, 3.8) is 0 Å². The lowest BCUT2D eigenvalue weighted by molar-refractivity contribution is -0.143. The maximum Gasteiger partial charge on any atom is 0.326 e. The molecule has 5 atom stereocenters. The van der Waals surface area contributed by atoms with Crippen molar-refractivity contribution in [1.29, 1.82) is 0 Å². The van der Waals surface area contributed by atoms with E-state index in [2.05, 4.69) is 21.3 Å². The number of amides is 3. The van der Waals surface area contributed by atoms with Crippen molar-refractivity contribution < 1.29 is 29.4 Å². The average Bonchev–Trinajstić information content (AvgIpc) is 3.31. The maximum atomic E-state index is 13.2. The van der Waals surface area contributed by atoms with E-state index in [1.54, 1.807) is 0 Å². The van der Waals surface area contributed by atoms with Gasteiger partial charge in [0.15, 0.2) is 0 Å². The van der Waals surface area contributed by atoms with Crippen LogP contribution in [0.3, 0.4) is 0 Å². The Labute approximate surface area is 199 Å². The second kappa shape index (κ2) is 13.0. The average molecular weight is 477 g/mol. The van der Waals surface area contributed by atoms with Gasteiger partial charge in [0.2, 0.25) is 17.7 Å². The smallest absolute Gasteiger partial charge is 0.326 e. The van der Waals surface area contributed by atoms with Gasteiger partial charge in [-0.15, -0.1) is 0 Å². The lowest BCUT2D eigenvalue weighted by Crippen LogP contribution is -2.60. The molecule has 34 heavy (non-hydrogen) atoms. The molecule has 1 aromatic carbocycles. The molecule has 0 spiro atoms. The quantitative estimate of drug-likeness (QED) is 0.247. The molecule has 2 rings (SSSR count). The molecule has 0 radical (unpaired) electrons. The fourth-order valence-corrected chi connectivity index (χ4v) is 3.85. The van der Waals surface area contributed by atoms with Crippen LogP contribution in [0.25, 0.3) is 0 Å². The Morgan fingerprint density at radius 1 is 1.00 bits per heavy atom. The monoisotopic (exact) mass is 476 g/mol. The van der Waals surface area contributed by atoms with Crippen LogP contribution >= 0.6 is 0 Å². The van der Waals surface area contributed by atoms with Gasteiger partial charge in [0.25, 0.3) is 0 Å². The van der Waals surface area contributed by atoms with Crippen molar-refractivity contribution in [2.45, 2.75) is 76.7 Å². The Morgan fingerprint density at radius 3 is 2.21 bits per heavy atom. The number of hydrogen-bond acceptors (Lipinski definition) is 6. The highest BCUT2D eigenvalue weighted by atomic mass is 16.4. The molecule has 10 heteroatoms. The molecule has 5 unspecified atom stereocenters. The van der Waals surface area contributed by atoms with Gasteiger partial charge in [-0.25, -0.2) is 4.79 Å². The van der Waals surface area contributed by atoms with Crippen molar-refractivity contribution in [1.82, 2.24) is 21.3 Å². The fraction of sp³-hybridized carbons (Fsp3) is 0.583. The molecule has 0 aromatic heterocycles. The number of carboxylic acids is 1. The summed E-state index contributed by atoms with van der Waals surface area (Å²) in [7, 11) is 0. The third kappa shape index (κ3) is 8.42. The second-order valence-corrected chi connectivity index (χ2v) is 9.16. The number of carbonyl (C=O) groups excluding carboxylic acids is 3. The number of hydrogen-bond donors (Lipinski definition) is 6. The predicted molar refractivity (Wildman–Crippen MR) is 126 cm³/mol. The molecule has 10 nitrogen and oxygen atoms in total. The summed E-state index contributed by atoms with van der Waals surface area (Å²) in [5.74, 6) is -2.95. The van der Waals surface area contributed by atoms with Crippen molar-refractivity contribution in [3.8, 4) is 0 Å². The zero-order valence-corrected chi connectivity index (χ0v) is 19.9. The molecular weight excluding hydrogens is 440 g/mol.